The van der Waals surface area contributed by atoms with Crippen LogP contribution in [0.3, 0.4) is 0 Å². The second-order valence-electron chi connectivity index (χ2n) is 4.56. The van der Waals surface area contributed by atoms with E-state index in [0.29, 0.717) is 19.6 Å². The summed E-state index contributed by atoms with van der Waals surface area (Å²) in [5.74, 6) is -0.0275. The highest BCUT2D eigenvalue weighted by Crippen LogP contribution is 2.24. The van der Waals surface area contributed by atoms with Crippen molar-refractivity contribution in [2.45, 2.75) is 6.92 Å². The Hall–Kier alpha value is -2.64. The van der Waals surface area contributed by atoms with E-state index in [2.05, 4.69) is 5.32 Å². The van der Waals surface area contributed by atoms with E-state index < -0.39 is 4.92 Å². The van der Waals surface area contributed by atoms with Gasteiger partial charge in [0, 0.05) is 25.2 Å². The molecule has 1 aliphatic heterocycles. The first kappa shape index (κ1) is 14.8. The molecular formula is C13H15N3O5. The maximum Gasteiger partial charge on any atom is 0.317 e. The molecule has 1 saturated heterocycles. The molecule has 0 atom stereocenters. The van der Waals surface area contributed by atoms with Crippen molar-refractivity contribution in [2.24, 2.45) is 0 Å². The lowest BCUT2D eigenvalue weighted by molar-refractivity contribution is -0.384. The second kappa shape index (κ2) is 6.21. The summed E-state index contributed by atoms with van der Waals surface area (Å²) in [7, 11) is 0. The summed E-state index contributed by atoms with van der Waals surface area (Å²) >= 11 is 0. The van der Waals surface area contributed by atoms with Crippen LogP contribution in [0.2, 0.25) is 0 Å². The van der Waals surface area contributed by atoms with Crippen LogP contribution in [-0.2, 0) is 0 Å². The Morgan fingerprint density at radius 1 is 1.52 bits per heavy atom. The third kappa shape index (κ3) is 3.47. The first-order valence-corrected chi connectivity index (χ1v) is 6.44. The van der Waals surface area contributed by atoms with Gasteiger partial charge in [-0.1, -0.05) is 0 Å². The van der Waals surface area contributed by atoms with E-state index in [-0.39, 0.29) is 35.4 Å². The molecule has 0 spiro atoms. The van der Waals surface area contributed by atoms with Crippen molar-refractivity contribution in [3.05, 3.63) is 33.9 Å². The average molecular weight is 293 g/mol. The molecule has 0 unspecified atom stereocenters. The summed E-state index contributed by atoms with van der Waals surface area (Å²) in [5.41, 5.74) is 0.00143. The minimum absolute atomic E-state index is 0.144. The Kier molecular flexibility index (Phi) is 4.36. The Morgan fingerprint density at radius 2 is 2.29 bits per heavy atom. The predicted molar refractivity (Wildman–Crippen MR) is 73.6 cm³/mol. The van der Waals surface area contributed by atoms with Gasteiger partial charge in [0.05, 0.1) is 17.0 Å². The van der Waals surface area contributed by atoms with Gasteiger partial charge in [-0.25, -0.2) is 4.79 Å². The molecule has 0 radical (unpaired) electrons. The van der Waals surface area contributed by atoms with Gasteiger partial charge >= 0.3 is 6.03 Å². The van der Waals surface area contributed by atoms with Crippen molar-refractivity contribution in [2.75, 3.05) is 26.2 Å². The Bertz CT molecular complexity index is 587. The van der Waals surface area contributed by atoms with E-state index >= 15 is 0 Å². The maximum atomic E-state index is 11.5. The number of nitrogens with one attached hydrogen (secondary N) is 1. The van der Waals surface area contributed by atoms with E-state index in [1.165, 1.54) is 25.1 Å². The third-order valence-corrected chi connectivity index (χ3v) is 3.12. The number of non-ortho nitro benzene ring substituents is 1. The number of urea groups is 1. The molecule has 0 bridgehead atoms. The number of ether oxygens (including phenoxy) is 1. The van der Waals surface area contributed by atoms with Gasteiger partial charge in [-0.2, -0.15) is 0 Å². The molecule has 8 heteroatoms. The number of hydrogen-bond acceptors (Lipinski definition) is 5. The lowest BCUT2D eigenvalue weighted by Crippen LogP contribution is -2.31. The molecule has 0 saturated carbocycles. The molecule has 2 rings (SSSR count). The first-order chi connectivity index (χ1) is 9.99. The van der Waals surface area contributed by atoms with Crippen LogP contribution in [0.1, 0.15) is 17.3 Å². The summed E-state index contributed by atoms with van der Waals surface area (Å²) in [5, 5.41) is 13.4. The van der Waals surface area contributed by atoms with Gasteiger partial charge in [0.25, 0.3) is 5.69 Å². The van der Waals surface area contributed by atoms with Gasteiger partial charge in [-0.3, -0.25) is 14.9 Å². The average Bonchev–Trinajstić information content (AvgIpc) is 2.84. The van der Waals surface area contributed by atoms with Crippen molar-refractivity contribution in [3.63, 3.8) is 0 Å². The summed E-state index contributed by atoms with van der Waals surface area (Å²) in [4.78, 5) is 34.6. The summed E-state index contributed by atoms with van der Waals surface area (Å²) in [6.07, 6.45) is 0. The highest BCUT2D eigenvalue weighted by atomic mass is 16.6. The minimum atomic E-state index is -0.565. The molecule has 0 aromatic heterocycles. The highest BCUT2D eigenvalue weighted by Gasteiger charge is 2.19. The van der Waals surface area contributed by atoms with Gasteiger partial charge in [0.15, 0.2) is 5.78 Å². The first-order valence-electron chi connectivity index (χ1n) is 6.44. The molecule has 8 nitrogen and oxygen atoms in total. The van der Waals surface area contributed by atoms with Gasteiger partial charge in [0.1, 0.15) is 12.4 Å². The SMILES string of the molecule is CC(=O)c1cc([N+](=O)[O-])ccc1OCCN1CCNC1=O. The summed E-state index contributed by atoms with van der Waals surface area (Å²) in [6, 6.07) is 3.73. The van der Waals surface area contributed by atoms with Crippen LogP contribution in [0.5, 0.6) is 5.75 Å². The van der Waals surface area contributed by atoms with Crippen LogP contribution in [0.4, 0.5) is 10.5 Å². The number of rotatable bonds is 6. The fraction of sp³-hybridized carbons (Fsp3) is 0.385. The Balaban J connectivity index is 2.03. The molecule has 1 aromatic rings. The van der Waals surface area contributed by atoms with Crippen LogP contribution in [-0.4, -0.2) is 47.9 Å². The topological polar surface area (TPSA) is 102 Å². The molecule has 2 amide bonds. The normalized spacial score (nSPS) is 14.0. The van der Waals surface area contributed by atoms with Gasteiger partial charge in [0.2, 0.25) is 0 Å². The standard InChI is InChI=1S/C13H15N3O5/c1-9(17)11-8-10(16(19)20)2-3-12(11)21-7-6-15-5-4-14-13(15)18/h2-3,8H,4-7H2,1H3,(H,14,18). The molecule has 0 aliphatic carbocycles. The largest absolute Gasteiger partial charge is 0.491 e. The molecule has 1 fully saturated rings. The zero-order chi connectivity index (χ0) is 15.4. The van der Waals surface area contributed by atoms with E-state index in [9.17, 15) is 19.7 Å². The van der Waals surface area contributed by atoms with Crippen LogP contribution < -0.4 is 10.1 Å². The molecular weight excluding hydrogens is 278 g/mol. The van der Waals surface area contributed by atoms with E-state index in [1.54, 1.807) is 4.90 Å². The zero-order valence-corrected chi connectivity index (χ0v) is 11.5. The smallest absolute Gasteiger partial charge is 0.317 e. The van der Waals surface area contributed by atoms with Crippen LogP contribution in [0, 0.1) is 10.1 Å². The lowest BCUT2D eigenvalue weighted by Gasteiger charge is -2.15. The molecule has 1 heterocycles. The van der Waals surface area contributed by atoms with Gasteiger partial charge in [-0.05, 0) is 13.0 Å². The van der Waals surface area contributed by atoms with Crippen molar-refractivity contribution in [1.82, 2.24) is 10.2 Å². The second-order valence-corrected chi connectivity index (χ2v) is 4.56. The van der Waals surface area contributed by atoms with Crippen molar-refractivity contribution in [3.8, 4) is 5.75 Å². The number of ketones is 1. The van der Waals surface area contributed by atoms with Crippen molar-refractivity contribution >= 4 is 17.5 Å². The monoisotopic (exact) mass is 293 g/mol. The highest BCUT2D eigenvalue weighted by molar-refractivity contribution is 5.97. The number of nitro benzene ring substituents is 1. The maximum absolute atomic E-state index is 11.5. The summed E-state index contributed by atoms with van der Waals surface area (Å²) < 4.78 is 5.48. The fourth-order valence-corrected chi connectivity index (χ4v) is 2.02. The number of nitrogens with zero attached hydrogens (tertiary/aromatic N) is 2. The number of nitro groups is 1. The quantitative estimate of drug-likeness (QED) is 0.482. The van der Waals surface area contributed by atoms with Gasteiger partial charge in [-0.15, -0.1) is 0 Å². The van der Waals surface area contributed by atoms with Gasteiger partial charge < -0.3 is 15.0 Å². The zero-order valence-electron chi connectivity index (χ0n) is 11.5. The van der Waals surface area contributed by atoms with E-state index in [1.807, 2.05) is 0 Å². The summed E-state index contributed by atoms with van der Waals surface area (Å²) in [6.45, 7) is 3.14. The number of hydrogen-bond donors (Lipinski definition) is 1. The van der Waals surface area contributed by atoms with Crippen LogP contribution >= 0.6 is 0 Å². The minimum Gasteiger partial charge on any atom is -0.491 e. The Labute approximate surface area is 120 Å². The number of carbonyl (C=O) groups excluding carboxylic acids is 2. The number of amides is 2. The van der Waals surface area contributed by atoms with Crippen LogP contribution in [0.15, 0.2) is 18.2 Å². The van der Waals surface area contributed by atoms with Crippen molar-refractivity contribution < 1.29 is 19.2 Å². The number of carbonyl (C=O) groups is 2. The molecule has 1 N–H and O–H groups in total. The van der Waals surface area contributed by atoms with Crippen molar-refractivity contribution in [1.29, 1.82) is 0 Å². The number of Topliss-reactive ketones (excluding diaryl/α,β-unsaturated/α-hetero) is 1. The predicted octanol–water partition coefficient (Wildman–Crippen LogP) is 1.20. The lowest BCUT2D eigenvalue weighted by atomic mass is 10.1. The molecule has 112 valence electrons. The Morgan fingerprint density at radius 3 is 2.86 bits per heavy atom. The molecule has 21 heavy (non-hydrogen) atoms. The van der Waals surface area contributed by atoms with E-state index in [4.69, 9.17) is 4.74 Å². The molecule has 1 aromatic carbocycles. The van der Waals surface area contributed by atoms with E-state index in [0.717, 1.165) is 0 Å². The third-order valence-electron chi connectivity index (χ3n) is 3.12. The molecule has 1 aliphatic rings. The number of benzene rings is 1. The van der Waals surface area contributed by atoms with Crippen LogP contribution in [0.25, 0.3) is 0 Å². The fourth-order valence-electron chi connectivity index (χ4n) is 2.02.